The fraction of sp³-hybridized carbons (Fsp3) is 0.235. The lowest BCUT2D eigenvalue weighted by atomic mass is 10.2. The first-order chi connectivity index (χ1) is 12.2. The lowest BCUT2D eigenvalue weighted by Gasteiger charge is -2.10. The summed E-state index contributed by atoms with van der Waals surface area (Å²) in [5, 5.41) is 15.8. The van der Waals surface area contributed by atoms with E-state index < -0.39 is 0 Å². The maximum Gasteiger partial charge on any atom is 0.231 e. The number of carbonyl (C=O) groups is 1. The van der Waals surface area contributed by atoms with Crippen LogP contribution in [0, 0.1) is 0 Å². The molecule has 2 heterocycles. The van der Waals surface area contributed by atoms with Gasteiger partial charge < -0.3 is 15.1 Å². The van der Waals surface area contributed by atoms with Gasteiger partial charge in [-0.15, -0.1) is 16.8 Å². The quantitative estimate of drug-likeness (QED) is 0.460. The molecule has 130 valence electrons. The Hall–Kier alpha value is -2.32. The van der Waals surface area contributed by atoms with Crippen molar-refractivity contribution in [1.29, 1.82) is 0 Å². The minimum atomic E-state index is -0.195. The van der Waals surface area contributed by atoms with Gasteiger partial charge >= 0.3 is 0 Å². The predicted octanol–water partition coefficient (Wildman–Crippen LogP) is 3.85. The van der Waals surface area contributed by atoms with Crippen LogP contribution in [0.1, 0.15) is 18.7 Å². The van der Waals surface area contributed by atoms with Gasteiger partial charge in [0.2, 0.25) is 11.0 Å². The Balaban J connectivity index is 1.51. The highest BCUT2D eigenvalue weighted by Gasteiger charge is 2.15. The topological polar surface area (TPSA) is 80.0 Å². The Morgan fingerprint density at radius 3 is 3.08 bits per heavy atom. The van der Waals surface area contributed by atoms with Gasteiger partial charge in [0.15, 0.2) is 4.34 Å². The lowest BCUT2D eigenvalue weighted by molar-refractivity contribution is -0.119. The molecule has 3 aromatic rings. The van der Waals surface area contributed by atoms with Gasteiger partial charge in [-0.05, 0) is 19.1 Å². The molecule has 8 heteroatoms. The first-order valence-corrected chi connectivity index (χ1v) is 9.55. The van der Waals surface area contributed by atoms with Gasteiger partial charge in [0, 0.05) is 11.9 Å². The summed E-state index contributed by atoms with van der Waals surface area (Å²) in [7, 11) is 0. The average Bonchev–Trinajstić information content (AvgIpc) is 3.24. The summed E-state index contributed by atoms with van der Waals surface area (Å²) in [6.07, 6.45) is 1.75. The van der Waals surface area contributed by atoms with Gasteiger partial charge in [0.25, 0.3) is 0 Å². The number of hydrogen-bond donors (Lipinski definition) is 2. The number of nitrogens with one attached hydrogen (secondary N) is 2. The number of aromatic nitrogens is 2. The van der Waals surface area contributed by atoms with E-state index in [9.17, 15) is 4.79 Å². The number of thioether (sulfide) groups is 1. The van der Waals surface area contributed by atoms with Gasteiger partial charge in [0.05, 0.1) is 11.8 Å². The van der Waals surface area contributed by atoms with E-state index in [0.29, 0.717) is 6.54 Å². The molecule has 0 aliphatic rings. The van der Waals surface area contributed by atoms with E-state index in [1.54, 1.807) is 6.08 Å². The van der Waals surface area contributed by atoms with Crippen LogP contribution in [0.15, 0.2) is 51.7 Å². The fourth-order valence-corrected chi connectivity index (χ4v) is 3.77. The molecule has 3 rings (SSSR count). The zero-order chi connectivity index (χ0) is 17.6. The molecule has 0 aliphatic carbocycles. The van der Waals surface area contributed by atoms with Gasteiger partial charge in [-0.3, -0.25) is 4.79 Å². The van der Waals surface area contributed by atoms with Crippen molar-refractivity contribution in [3.05, 3.63) is 48.7 Å². The summed E-state index contributed by atoms with van der Waals surface area (Å²) in [5.41, 5.74) is 0.821. The van der Waals surface area contributed by atoms with Crippen LogP contribution in [-0.2, 0) is 4.79 Å². The summed E-state index contributed by atoms with van der Waals surface area (Å²) in [4.78, 5) is 12.1. The van der Waals surface area contributed by atoms with Crippen molar-refractivity contribution in [3.63, 3.8) is 0 Å². The molecule has 0 fully saturated rings. The second kappa shape index (κ2) is 8.17. The number of furan rings is 1. The highest BCUT2D eigenvalue weighted by molar-refractivity contribution is 8.01. The maximum absolute atomic E-state index is 12.1. The third-order valence-corrected chi connectivity index (χ3v) is 5.39. The number of rotatable bonds is 8. The van der Waals surface area contributed by atoms with E-state index in [1.165, 1.54) is 23.1 Å². The number of amides is 1. The molecule has 1 aromatic carbocycles. The van der Waals surface area contributed by atoms with Crippen LogP contribution in [0.25, 0.3) is 11.0 Å². The molecule has 0 radical (unpaired) electrons. The highest BCUT2D eigenvalue weighted by atomic mass is 32.2. The average molecular weight is 374 g/mol. The van der Waals surface area contributed by atoms with Crippen LogP contribution >= 0.6 is 23.1 Å². The van der Waals surface area contributed by atoms with Crippen molar-refractivity contribution in [3.8, 4) is 0 Å². The van der Waals surface area contributed by atoms with Crippen LogP contribution < -0.4 is 10.6 Å². The standard InChI is InChI=1S/C17H18N4O2S2/c1-3-8-18-16-20-21-17(25-16)24-10-15(22)19-11(2)14-9-12-6-4-5-7-13(12)23-14/h3-7,9,11H,1,8,10H2,2H3,(H,18,20)(H,19,22)/t11-/m0/s1. The van der Waals surface area contributed by atoms with Crippen molar-refractivity contribution < 1.29 is 9.21 Å². The smallest absolute Gasteiger partial charge is 0.231 e. The molecule has 25 heavy (non-hydrogen) atoms. The summed E-state index contributed by atoms with van der Waals surface area (Å²) < 4.78 is 6.52. The molecule has 6 nitrogen and oxygen atoms in total. The zero-order valence-electron chi connectivity index (χ0n) is 13.7. The van der Waals surface area contributed by atoms with E-state index in [-0.39, 0.29) is 17.7 Å². The van der Waals surface area contributed by atoms with Crippen molar-refractivity contribution in [2.24, 2.45) is 0 Å². The molecule has 2 N–H and O–H groups in total. The van der Waals surface area contributed by atoms with Crippen molar-refractivity contribution in [2.75, 3.05) is 17.6 Å². The monoisotopic (exact) mass is 374 g/mol. The SMILES string of the molecule is C=CCNc1nnc(SCC(=O)N[C@@H](C)c2cc3ccccc3o2)s1. The second-order valence-corrected chi connectivity index (χ2v) is 7.51. The molecule has 0 aliphatic heterocycles. The number of hydrogen-bond acceptors (Lipinski definition) is 7. The van der Waals surface area contributed by atoms with Gasteiger partial charge in [-0.25, -0.2) is 0 Å². The third-order valence-electron chi connectivity index (χ3n) is 3.38. The number of nitrogens with zero attached hydrogens (tertiary/aromatic N) is 2. The molecular weight excluding hydrogens is 356 g/mol. The van der Waals surface area contributed by atoms with Crippen LogP contribution in [-0.4, -0.2) is 28.4 Å². The van der Waals surface area contributed by atoms with Crippen LogP contribution in [0.2, 0.25) is 0 Å². The Labute approximate surface area is 153 Å². The number of para-hydroxylation sites is 1. The van der Waals surface area contributed by atoms with E-state index in [1.807, 2.05) is 37.3 Å². The Morgan fingerprint density at radius 1 is 1.44 bits per heavy atom. The van der Waals surface area contributed by atoms with Gasteiger partial charge in [0.1, 0.15) is 11.3 Å². The first kappa shape index (κ1) is 17.5. The van der Waals surface area contributed by atoms with E-state index >= 15 is 0 Å². The highest BCUT2D eigenvalue weighted by Crippen LogP contribution is 2.26. The molecule has 0 saturated heterocycles. The van der Waals surface area contributed by atoms with Gasteiger partial charge in [-0.2, -0.15) is 0 Å². The molecule has 0 spiro atoms. The van der Waals surface area contributed by atoms with Crippen LogP contribution in [0.5, 0.6) is 0 Å². The molecule has 1 atom stereocenters. The fourth-order valence-electron chi connectivity index (χ4n) is 2.20. The lowest BCUT2D eigenvalue weighted by Crippen LogP contribution is -2.27. The number of benzene rings is 1. The largest absolute Gasteiger partial charge is 0.459 e. The van der Waals surface area contributed by atoms with Gasteiger partial charge in [-0.1, -0.05) is 47.4 Å². The predicted molar refractivity (Wildman–Crippen MR) is 102 cm³/mol. The summed E-state index contributed by atoms with van der Waals surface area (Å²) >= 11 is 2.78. The van der Waals surface area contributed by atoms with Crippen LogP contribution in [0.4, 0.5) is 5.13 Å². The minimum absolute atomic E-state index is 0.0752. The first-order valence-electron chi connectivity index (χ1n) is 7.74. The number of fused-ring (bicyclic) bond motifs is 1. The maximum atomic E-state index is 12.1. The molecule has 1 amide bonds. The van der Waals surface area contributed by atoms with E-state index in [4.69, 9.17) is 4.42 Å². The summed E-state index contributed by atoms with van der Waals surface area (Å²) in [5.74, 6) is 0.945. The van der Waals surface area contributed by atoms with E-state index in [2.05, 4.69) is 27.4 Å². The summed E-state index contributed by atoms with van der Waals surface area (Å²) in [6, 6.07) is 9.55. The second-order valence-electron chi connectivity index (χ2n) is 5.31. The number of carbonyl (C=O) groups excluding carboxylic acids is 1. The van der Waals surface area contributed by atoms with Crippen molar-refractivity contribution in [1.82, 2.24) is 15.5 Å². The Kier molecular flexibility index (Phi) is 5.72. The molecule has 0 unspecified atom stereocenters. The Morgan fingerprint density at radius 2 is 2.28 bits per heavy atom. The van der Waals surface area contributed by atoms with Crippen molar-refractivity contribution >= 4 is 45.1 Å². The molecule has 0 bridgehead atoms. The van der Waals surface area contributed by atoms with Crippen LogP contribution in [0.3, 0.4) is 0 Å². The molecule has 2 aromatic heterocycles. The molecule has 0 saturated carbocycles. The van der Waals surface area contributed by atoms with Crippen molar-refractivity contribution in [2.45, 2.75) is 17.3 Å². The normalized spacial score (nSPS) is 12.0. The third kappa shape index (κ3) is 4.61. The summed E-state index contributed by atoms with van der Waals surface area (Å²) in [6.45, 7) is 6.18. The van der Waals surface area contributed by atoms with E-state index in [0.717, 1.165) is 26.2 Å². The minimum Gasteiger partial charge on any atom is -0.459 e. The Bertz CT molecular complexity index is 841. The number of anilines is 1. The molecular formula is C17H18N4O2S2. The zero-order valence-corrected chi connectivity index (χ0v) is 15.3.